The summed E-state index contributed by atoms with van der Waals surface area (Å²) in [4.78, 5) is 0. The molecule has 1 aromatic rings. The van der Waals surface area contributed by atoms with Gasteiger partial charge in [0.1, 0.15) is 29.8 Å². The second kappa shape index (κ2) is 5.53. The third-order valence-corrected chi connectivity index (χ3v) is 2.79. The molecule has 0 radical (unpaired) electrons. The van der Waals surface area contributed by atoms with Crippen molar-refractivity contribution in [3.8, 4) is 11.5 Å². The minimum Gasteiger partial charge on any atom is -0.497 e. The Morgan fingerprint density at radius 1 is 1.22 bits per heavy atom. The van der Waals surface area contributed by atoms with Crippen LogP contribution in [0.4, 0.5) is 0 Å². The van der Waals surface area contributed by atoms with Gasteiger partial charge in [0.2, 0.25) is 6.29 Å². The lowest BCUT2D eigenvalue weighted by Gasteiger charge is -2.17. The zero-order chi connectivity index (χ0) is 13.1. The van der Waals surface area contributed by atoms with Gasteiger partial charge < -0.3 is 29.5 Å². The van der Waals surface area contributed by atoms with Gasteiger partial charge in [0.15, 0.2) is 0 Å². The molecule has 1 fully saturated rings. The van der Waals surface area contributed by atoms with Crippen LogP contribution >= 0.6 is 0 Å². The Balaban J connectivity index is 2.05. The molecule has 0 aliphatic carbocycles. The van der Waals surface area contributed by atoms with E-state index in [9.17, 15) is 10.2 Å². The fraction of sp³-hybridized carbons (Fsp3) is 0.500. The van der Waals surface area contributed by atoms with Crippen LogP contribution in [0.25, 0.3) is 0 Å². The first-order valence-electron chi connectivity index (χ1n) is 5.59. The molecule has 3 N–H and O–H groups in total. The molecule has 6 heteroatoms. The van der Waals surface area contributed by atoms with Crippen LogP contribution in [0.2, 0.25) is 0 Å². The largest absolute Gasteiger partial charge is 0.497 e. The van der Waals surface area contributed by atoms with Crippen LogP contribution in [0.3, 0.4) is 0 Å². The molecule has 1 heterocycles. The van der Waals surface area contributed by atoms with E-state index in [1.807, 2.05) is 0 Å². The highest BCUT2D eigenvalue weighted by Crippen LogP contribution is 2.26. The van der Waals surface area contributed by atoms with E-state index < -0.39 is 24.6 Å². The molecular formula is C12H16O6. The van der Waals surface area contributed by atoms with E-state index in [2.05, 4.69) is 0 Å². The van der Waals surface area contributed by atoms with Gasteiger partial charge in [0, 0.05) is 6.07 Å². The average molecular weight is 256 g/mol. The number of rotatable bonds is 4. The highest BCUT2D eigenvalue weighted by Gasteiger charge is 2.43. The van der Waals surface area contributed by atoms with Gasteiger partial charge in [-0.2, -0.15) is 0 Å². The van der Waals surface area contributed by atoms with Crippen molar-refractivity contribution in [2.24, 2.45) is 0 Å². The van der Waals surface area contributed by atoms with Gasteiger partial charge in [-0.05, 0) is 12.1 Å². The molecule has 1 aromatic carbocycles. The molecule has 0 spiro atoms. The van der Waals surface area contributed by atoms with Crippen molar-refractivity contribution in [3.05, 3.63) is 24.3 Å². The van der Waals surface area contributed by atoms with Crippen LogP contribution < -0.4 is 9.47 Å². The van der Waals surface area contributed by atoms with Gasteiger partial charge in [0.05, 0.1) is 13.7 Å². The molecule has 0 saturated carbocycles. The maximum absolute atomic E-state index is 9.70. The van der Waals surface area contributed by atoms with Crippen LogP contribution in [0.5, 0.6) is 11.5 Å². The van der Waals surface area contributed by atoms with Gasteiger partial charge in [-0.1, -0.05) is 6.07 Å². The molecule has 100 valence electrons. The lowest BCUT2D eigenvalue weighted by Crippen LogP contribution is -2.35. The molecule has 0 amide bonds. The summed E-state index contributed by atoms with van der Waals surface area (Å²) in [6, 6.07) is 6.80. The Hall–Kier alpha value is -1.34. The monoisotopic (exact) mass is 256 g/mol. The first-order valence-corrected chi connectivity index (χ1v) is 5.59. The van der Waals surface area contributed by atoms with E-state index in [0.29, 0.717) is 11.5 Å². The van der Waals surface area contributed by atoms with Gasteiger partial charge in [0.25, 0.3) is 0 Å². The number of benzene rings is 1. The Bertz CT molecular complexity index is 396. The van der Waals surface area contributed by atoms with Crippen molar-refractivity contribution in [2.75, 3.05) is 13.7 Å². The van der Waals surface area contributed by atoms with Gasteiger partial charge in [-0.3, -0.25) is 0 Å². The summed E-state index contributed by atoms with van der Waals surface area (Å²) < 4.78 is 15.6. The SMILES string of the molecule is COc1cccc(O[C@@H]2O[C@H](CO)[C@@H](O)[C@H]2O)c1. The fourth-order valence-corrected chi connectivity index (χ4v) is 1.77. The van der Waals surface area contributed by atoms with E-state index in [4.69, 9.17) is 19.3 Å². The third kappa shape index (κ3) is 2.56. The summed E-state index contributed by atoms with van der Waals surface area (Å²) in [5, 5.41) is 28.2. The van der Waals surface area contributed by atoms with Gasteiger partial charge in [-0.25, -0.2) is 0 Å². The fourth-order valence-electron chi connectivity index (χ4n) is 1.77. The molecule has 0 bridgehead atoms. The van der Waals surface area contributed by atoms with Crippen molar-refractivity contribution in [1.29, 1.82) is 0 Å². The van der Waals surface area contributed by atoms with Crippen molar-refractivity contribution < 1.29 is 29.5 Å². The Labute approximate surface area is 104 Å². The van der Waals surface area contributed by atoms with Crippen LogP contribution in [-0.2, 0) is 4.74 Å². The number of hydrogen-bond acceptors (Lipinski definition) is 6. The molecule has 6 nitrogen and oxygen atoms in total. The maximum atomic E-state index is 9.70. The smallest absolute Gasteiger partial charge is 0.229 e. The zero-order valence-corrected chi connectivity index (χ0v) is 9.89. The van der Waals surface area contributed by atoms with E-state index >= 15 is 0 Å². The summed E-state index contributed by atoms with van der Waals surface area (Å²) in [5.74, 6) is 1.06. The first kappa shape index (κ1) is 13.1. The third-order valence-electron chi connectivity index (χ3n) is 2.79. The highest BCUT2D eigenvalue weighted by atomic mass is 16.7. The summed E-state index contributed by atoms with van der Waals surface area (Å²) >= 11 is 0. The standard InChI is InChI=1S/C12H16O6/c1-16-7-3-2-4-8(5-7)17-12-11(15)10(14)9(6-13)18-12/h2-5,9-15H,6H2,1H3/t9-,10-,11-,12-/m1/s1. The molecule has 0 unspecified atom stereocenters. The lowest BCUT2D eigenvalue weighted by molar-refractivity contribution is -0.116. The van der Waals surface area contributed by atoms with Crippen LogP contribution in [0.1, 0.15) is 0 Å². The van der Waals surface area contributed by atoms with Crippen molar-refractivity contribution in [1.82, 2.24) is 0 Å². The van der Waals surface area contributed by atoms with E-state index in [1.54, 1.807) is 24.3 Å². The zero-order valence-electron chi connectivity index (χ0n) is 9.89. The maximum Gasteiger partial charge on any atom is 0.229 e. The van der Waals surface area contributed by atoms with Crippen molar-refractivity contribution >= 4 is 0 Å². The second-order valence-corrected chi connectivity index (χ2v) is 4.00. The summed E-state index contributed by atoms with van der Waals surface area (Å²) in [6.45, 7) is -0.379. The predicted octanol–water partition coefficient (Wildman–Crippen LogP) is -0.487. The van der Waals surface area contributed by atoms with Crippen LogP contribution in [0, 0.1) is 0 Å². The summed E-state index contributed by atoms with van der Waals surface area (Å²) in [6.07, 6.45) is -4.21. The van der Waals surface area contributed by atoms with Crippen molar-refractivity contribution in [3.63, 3.8) is 0 Å². The lowest BCUT2D eigenvalue weighted by atomic mass is 10.1. The van der Waals surface area contributed by atoms with Crippen LogP contribution in [-0.4, -0.2) is 53.6 Å². The Kier molecular flexibility index (Phi) is 4.03. The molecule has 1 aliphatic rings. The molecule has 1 aliphatic heterocycles. The van der Waals surface area contributed by atoms with Gasteiger partial charge in [-0.15, -0.1) is 0 Å². The van der Waals surface area contributed by atoms with Crippen molar-refractivity contribution in [2.45, 2.75) is 24.6 Å². The van der Waals surface area contributed by atoms with E-state index in [0.717, 1.165) is 0 Å². The van der Waals surface area contributed by atoms with E-state index in [-0.39, 0.29) is 6.61 Å². The molecule has 1 saturated heterocycles. The Morgan fingerprint density at radius 3 is 2.56 bits per heavy atom. The normalized spacial score (nSPS) is 31.3. The second-order valence-electron chi connectivity index (χ2n) is 4.00. The number of aliphatic hydroxyl groups excluding tert-OH is 3. The predicted molar refractivity (Wildman–Crippen MR) is 61.4 cm³/mol. The number of hydrogen-bond donors (Lipinski definition) is 3. The minimum atomic E-state index is -1.20. The molecular weight excluding hydrogens is 240 g/mol. The highest BCUT2D eigenvalue weighted by molar-refractivity contribution is 5.33. The summed E-state index contributed by atoms with van der Waals surface area (Å²) in [5.41, 5.74) is 0. The van der Waals surface area contributed by atoms with Crippen LogP contribution in [0.15, 0.2) is 24.3 Å². The summed E-state index contributed by atoms with van der Waals surface area (Å²) in [7, 11) is 1.53. The minimum absolute atomic E-state index is 0.379. The number of ether oxygens (including phenoxy) is 3. The number of aliphatic hydroxyl groups is 3. The molecule has 18 heavy (non-hydrogen) atoms. The number of methoxy groups -OCH3 is 1. The molecule has 2 rings (SSSR count). The van der Waals surface area contributed by atoms with E-state index in [1.165, 1.54) is 7.11 Å². The Morgan fingerprint density at radius 2 is 1.94 bits per heavy atom. The average Bonchev–Trinajstić information content (AvgIpc) is 2.67. The topological polar surface area (TPSA) is 88.4 Å². The molecule has 0 aromatic heterocycles. The van der Waals surface area contributed by atoms with Gasteiger partial charge >= 0.3 is 0 Å². The first-order chi connectivity index (χ1) is 8.65. The molecule has 4 atom stereocenters. The quantitative estimate of drug-likeness (QED) is 0.674.